The Hall–Kier alpha value is -2.19. The van der Waals surface area contributed by atoms with Gasteiger partial charge >= 0.3 is 6.18 Å². The molecule has 1 saturated heterocycles. The van der Waals surface area contributed by atoms with Crippen LogP contribution < -0.4 is 10.6 Å². The minimum Gasteiger partial charge on any atom is -0.328 e. The van der Waals surface area contributed by atoms with Crippen LogP contribution in [-0.4, -0.2) is 11.0 Å². The Bertz CT molecular complexity index is 807. The van der Waals surface area contributed by atoms with E-state index < -0.39 is 11.7 Å². The zero-order chi connectivity index (χ0) is 16.6. The van der Waals surface area contributed by atoms with E-state index in [0.717, 1.165) is 21.9 Å². The average molecular weight is 354 g/mol. The van der Waals surface area contributed by atoms with Crippen molar-refractivity contribution in [2.45, 2.75) is 6.18 Å². The number of thiocarbonyl (C=S) groups is 1. The van der Waals surface area contributed by atoms with Crippen molar-refractivity contribution in [2.24, 2.45) is 0 Å². The van der Waals surface area contributed by atoms with Crippen LogP contribution in [0.1, 0.15) is 10.4 Å². The lowest BCUT2D eigenvalue weighted by atomic mass is 10.1. The molecule has 2 heterocycles. The predicted molar refractivity (Wildman–Crippen MR) is 86.6 cm³/mol. The molecule has 3 nitrogen and oxygen atoms in total. The fourth-order valence-electron chi connectivity index (χ4n) is 2.03. The summed E-state index contributed by atoms with van der Waals surface area (Å²) in [5.41, 5.74) is 0.350. The van der Waals surface area contributed by atoms with E-state index in [-0.39, 0.29) is 11.0 Å². The lowest BCUT2D eigenvalue weighted by Gasteiger charge is -2.06. The zero-order valence-electron chi connectivity index (χ0n) is 11.4. The quantitative estimate of drug-likeness (QED) is 0.637. The highest BCUT2D eigenvalue weighted by molar-refractivity contribution is 7.80. The van der Waals surface area contributed by atoms with Crippen LogP contribution in [0, 0.1) is 0 Å². The number of carbonyl (C=O) groups is 1. The number of amides is 1. The molecular formula is C15H9F3N2OS2. The Morgan fingerprint density at radius 1 is 1.04 bits per heavy atom. The van der Waals surface area contributed by atoms with Gasteiger partial charge in [-0.3, -0.25) is 10.1 Å². The van der Waals surface area contributed by atoms with Crippen molar-refractivity contribution in [2.75, 3.05) is 0 Å². The number of nitrogens with one attached hydrogen (secondary N) is 2. The molecule has 0 bridgehead atoms. The topological polar surface area (TPSA) is 41.1 Å². The van der Waals surface area contributed by atoms with Crippen molar-refractivity contribution in [3.63, 3.8) is 0 Å². The molecule has 1 aliphatic heterocycles. The van der Waals surface area contributed by atoms with E-state index in [9.17, 15) is 18.0 Å². The highest BCUT2D eigenvalue weighted by Crippen LogP contribution is 2.33. The number of alkyl halides is 3. The molecule has 2 N–H and O–H groups in total. The van der Waals surface area contributed by atoms with Gasteiger partial charge in [-0.2, -0.15) is 13.2 Å². The standard InChI is InChI=1S/C15H9F3N2OS2/c16-15(17,18)9-3-1-8(2-4-9)12-6-5-10(23-12)7-11-13(21)20-14(22)19-11/h1-7H,(H2,19,20,21,22)/b11-7+. The van der Waals surface area contributed by atoms with Crippen LogP contribution in [0.15, 0.2) is 42.1 Å². The summed E-state index contributed by atoms with van der Waals surface area (Å²) in [5, 5.41) is 5.45. The Balaban J connectivity index is 1.84. The third-order valence-corrected chi connectivity index (χ3v) is 4.42. The summed E-state index contributed by atoms with van der Waals surface area (Å²) >= 11 is 6.21. The normalized spacial score (nSPS) is 16.6. The molecule has 1 aliphatic rings. The van der Waals surface area contributed by atoms with Gasteiger partial charge in [-0.1, -0.05) is 12.1 Å². The zero-order valence-corrected chi connectivity index (χ0v) is 13.0. The van der Waals surface area contributed by atoms with Crippen molar-refractivity contribution < 1.29 is 18.0 Å². The fourth-order valence-corrected chi connectivity index (χ4v) is 3.19. The van der Waals surface area contributed by atoms with Gasteiger partial charge in [0.2, 0.25) is 0 Å². The van der Waals surface area contributed by atoms with E-state index in [2.05, 4.69) is 10.6 Å². The van der Waals surface area contributed by atoms with E-state index in [1.807, 2.05) is 0 Å². The second-order valence-electron chi connectivity index (χ2n) is 4.74. The van der Waals surface area contributed by atoms with Gasteiger partial charge in [0.05, 0.1) is 5.56 Å². The lowest BCUT2D eigenvalue weighted by molar-refractivity contribution is -0.137. The van der Waals surface area contributed by atoms with Crippen molar-refractivity contribution >= 4 is 40.7 Å². The van der Waals surface area contributed by atoms with Gasteiger partial charge in [0, 0.05) is 9.75 Å². The Morgan fingerprint density at radius 2 is 1.74 bits per heavy atom. The van der Waals surface area contributed by atoms with Crippen LogP contribution in [0.4, 0.5) is 13.2 Å². The van der Waals surface area contributed by atoms with E-state index in [1.54, 1.807) is 18.2 Å². The first-order valence-corrected chi connectivity index (χ1v) is 7.67. The van der Waals surface area contributed by atoms with Gasteiger partial charge in [-0.15, -0.1) is 11.3 Å². The highest BCUT2D eigenvalue weighted by Gasteiger charge is 2.30. The first kappa shape index (κ1) is 15.7. The Morgan fingerprint density at radius 3 is 2.30 bits per heavy atom. The summed E-state index contributed by atoms with van der Waals surface area (Å²) in [6.45, 7) is 0. The molecule has 23 heavy (non-hydrogen) atoms. The molecule has 1 amide bonds. The summed E-state index contributed by atoms with van der Waals surface area (Å²) < 4.78 is 37.7. The lowest BCUT2D eigenvalue weighted by Crippen LogP contribution is -2.21. The molecule has 8 heteroatoms. The van der Waals surface area contributed by atoms with Crippen LogP contribution in [0.3, 0.4) is 0 Å². The number of hydrogen-bond acceptors (Lipinski definition) is 3. The number of carbonyl (C=O) groups excluding carboxylic acids is 1. The molecule has 0 spiro atoms. The maximum atomic E-state index is 12.6. The van der Waals surface area contributed by atoms with Gasteiger partial charge in [0.1, 0.15) is 5.70 Å². The second-order valence-corrected chi connectivity index (χ2v) is 6.27. The molecule has 1 aromatic heterocycles. The molecule has 3 rings (SSSR count). The molecular weight excluding hydrogens is 345 g/mol. The largest absolute Gasteiger partial charge is 0.416 e. The summed E-state index contributed by atoms with van der Waals surface area (Å²) in [5.74, 6) is -0.306. The van der Waals surface area contributed by atoms with E-state index in [1.165, 1.54) is 23.5 Å². The van der Waals surface area contributed by atoms with Gasteiger partial charge in [-0.05, 0) is 48.1 Å². The SMILES string of the molecule is O=C1NC(=S)N/C1=C/c1ccc(-c2ccc(C(F)(F)F)cc2)s1. The molecule has 1 aromatic carbocycles. The van der Waals surface area contributed by atoms with E-state index >= 15 is 0 Å². The second kappa shape index (κ2) is 5.78. The highest BCUT2D eigenvalue weighted by atomic mass is 32.1. The molecule has 1 fully saturated rings. The van der Waals surface area contributed by atoms with Crippen LogP contribution in [0.5, 0.6) is 0 Å². The summed E-state index contributed by atoms with van der Waals surface area (Å²) in [6.07, 6.45) is -2.70. The van der Waals surface area contributed by atoms with Crippen LogP contribution in [-0.2, 0) is 11.0 Å². The first-order valence-electron chi connectivity index (χ1n) is 6.44. The first-order chi connectivity index (χ1) is 10.8. The van der Waals surface area contributed by atoms with E-state index in [4.69, 9.17) is 12.2 Å². The Kier molecular flexibility index (Phi) is 3.95. The number of rotatable bonds is 2. The monoisotopic (exact) mass is 354 g/mol. The summed E-state index contributed by atoms with van der Waals surface area (Å²) in [7, 11) is 0. The number of thiophene rings is 1. The predicted octanol–water partition coefficient (Wildman–Crippen LogP) is 3.78. The third-order valence-electron chi connectivity index (χ3n) is 3.13. The molecule has 2 aromatic rings. The molecule has 0 atom stereocenters. The maximum Gasteiger partial charge on any atom is 0.416 e. The van der Waals surface area contributed by atoms with Gasteiger partial charge in [0.15, 0.2) is 5.11 Å². The molecule has 118 valence electrons. The van der Waals surface area contributed by atoms with Gasteiger partial charge in [-0.25, -0.2) is 0 Å². The van der Waals surface area contributed by atoms with Crippen molar-refractivity contribution in [1.29, 1.82) is 0 Å². The van der Waals surface area contributed by atoms with E-state index in [0.29, 0.717) is 11.3 Å². The van der Waals surface area contributed by atoms with Crippen molar-refractivity contribution in [3.8, 4) is 10.4 Å². The molecule has 0 aliphatic carbocycles. The third kappa shape index (κ3) is 3.43. The molecule has 0 saturated carbocycles. The molecule has 0 radical (unpaired) electrons. The smallest absolute Gasteiger partial charge is 0.328 e. The van der Waals surface area contributed by atoms with Crippen molar-refractivity contribution in [1.82, 2.24) is 10.6 Å². The van der Waals surface area contributed by atoms with Gasteiger partial charge < -0.3 is 5.32 Å². The number of benzene rings is 1. The van der Waals surface area contributed by atoms with Crippen LogP contribution >= 0.6 is 23.6 Å². The number of halogens is 3. The summed E-state index contributed by atoms with van der Waals surface area (Å²) in [4.78, 5) is 13.2. The summed E-state index contributed by atoms with van der Waals surface area (Å²) in [6, 6.07) is 8.56. The van der Waals surface area contributed by atoms with Crippen LogP contribution in [0.25, 0.3) is 16.5 Å². The number of hydrogen-bond donors (Lipinski definition) is 2. The molecule has 0 unspecified atom stereocenters. The van der Waals surface area contributed by atoms with Crippen molar-refractivity contribution in [3.05, 3.63) is 52.5 Å². The minimum absolute atomic E-state index is 0.251. The fraction of sp³-hybridized carbons (Fsp3) is 0.0667. The average Bonchev–Trinajstić information content (AvgIpc) is 3.06. The Labute approximate surface area is 138 Å². The maximum absolute atomic E-state index is 12.6. The van der Waals surface area contributed by atoms with Gasteiger partial charge in [0.25, 0.3) is 5.91 Å². The van der Waals surface area contributed by atoms with Crippen LogP contribution in [0.2, 0.25) is 0 Å². The minimum atomic E-state index is -4.34.